The third-order valence-electron chi connectivity index (χ3n) is 3.43. The molecule has 1 fully saturated rings. The Kier molecular flexibility index (Phi) is 5.37. The molecule has 0 aliphatic carbocycles. The number of benzene rings is 1. The van der Waals surface area contributed by atoms with Crippen LogP contribution in [0.4, 0.5) is 0 Å². The van der Waals surface area contributed by atoms with Crippen LogP contribution in [0.25, 0.3) is 0 Å². The van der Waals surface area contributed by atoms with E-state index in [0.29, 0.717) is 6.54 Å². The van der Waals surface area contributed by atoms with Crippen LogP contribution in [0.2, 0.25) is 5.02 Å². The molecule has 1 aliphatic rings. The molecule has 0 spiro atoms. The first-order valence-corrected chi connectivity index (χ1v) is 7.97. The lowest BCUT2D eigenvalue weighted by molar-refractivity contribution is 0.273. The van der Waals surface area contributed by atoms with E-state index in [1.807, 2.05) is 6.07 Å². The van der Waals surface area contributed by atoms with Crippen LogP contribution in [-0.2, 0) is 13.1 Å². The van der Waals surface area contributed by atoms with E-state index in [0.717, 1.165) is 28.9 Å². The highest BCUT2D eigenvalue weighted by atomic mass is 35.5. The largest absolute Gasteiger partial charge is 0.326 e. The molecule has 1 atom stereocenters. The van der Waals surface area contributed by atoms with Gasteiger partial charge in [-0.3, -0.25) is 4.90 Å². The average Bonchev–Trinajstić information content (AvgIpc) is 2.41. The van der Waals surface area contributed by atoms with Crippen molar-refractivity contribution in [2.24, 2.45) is 5.73 Å². The number of halogens is 1. The Hall–Kier alpha value is -0.220. The van der Waals surface area contributed by atoms with E-state index in [9.17, 15) is 0 Å². The molecule has 1 aliphatic heterocycles. The van der Waals surface area contributed by atoms with Crippen molar-refractivity contribution in [3.8, 4) is 0 Å². The first-order valence-electron chi connectivity index (χ1n) is 6.54. The van der Waals surface area contributed by atoms with Gasteiger partial charge in [0.25, 0.3) is 0 Å². The Labute approximate surface area is 119 Å². The molecule has 100 valence electrons. The van der Waals surface area contributed by atoms with E-state index in [1.54, 1.807) is 0 Å². The van der Waals surface area contributed by atoms with E-state index in [2.05, 4.69) is 35.7 Å². The van der Waals surface area contributed by atoms with Crippen LogP contribution in [0, 0.1) is 0 Å². The number of nitrogens with two attached hydrogens (primary N) is 1. The molecule has 0 radical (unpaired) electrons. The van der Waals surface area contributed by atoms with Gasteiger partial charge in [0, 0.05) is 42.2 Å². The molecule has 1 unspecified atom stereocenters. The van der Waals surface area contributed by atoms with Crippen molar-refractivity contribution in [2.75, 3.05) is 18.8 Å². The molecule has 2 nitrogen and oxygen atoms in total. The lowest BCUT2D eigenvalue weighted by Crippen LogP contribution is -2.37. The summed E-state index contributed by atoms with van der Waals surface area (Å²) in [7, 11) is 0. The van der Waals surface area contributed by atoms with Gasteiger partial charge in [-0.15, -0.1) is 0 Å². The van der Waals surface area contributed by atoms with Crippen LogP contribution >= 0.6 is 23.4 Å². The number of thioether (sulfide) groups is 1. The first kappa shape index (κ1) is 14.2. The maximum atomic E-state index is 6.31. The summed E-state index contributed by atoms with van der Waals surface area (Å²) in [5, 5.41) is 1.63. The molecular weight excluding hydrogens is 264 g/mol. The van der Waals surface area contributed by atoms with Gasteiger partial charge in [-0.25, -0.2) is 0 Å². The van der Waals surface area contributed by atoms with E-state index in [-0.39, 0.29) is 0 Å². The zero-order valence-electron chi connectivity index (χ0n) is 10.9. The lowest BCUT2D eigenvalue weighted by atomic mass is 10.1. The quantitative estimate of drug-likeness (QED) is 0.921. The summed E-state index contributed by atoms with van der Waals surface area (Å²) in [6.07, 6.45) is 1.25. The summed E-state index contributed by atoms with van der Waals surface area (Å²) in [4.78, 5) is 2.51. The predicted molar refractivity (Wildman–Crippen MR) is 81.2 cm³/mol. The highest BCUT2D eigenvalue weighted by Crippen LogP contribution is 2.25. The van der Waals surface area contributed by atoms with Crippen molar-refractivity contribution in [1.29, 1.82) is 0 Å². The second-order valence-electron chi connectivity index (χ2n) is 4.77. The number of rotatable bonds is 4. The van der Waals surface area contributed by atoms with Gasteiger partial charge in [-0.05, 0) is 23.6 Å². The maximum Gasteiger partial charge on any atom is 0.0454 e. The summed E-state index contributed by atoms with van der Waals surface area (Å²) in [6, 6.07) is 6.19. The second-order valence-corrected chi connectivity index (χ2v) is 6.58. The number of nitrogens with zero attached hydrogens (tertiary/aromatic N) is 1. The van der Waals surface area contributed by atoms with Crippen LogP contribution < -0.4 is 5.73 Å². The Balaban J connectivity index is 2.00. The van der Waals surface area contributed by atoms with Crippen molar-refractivity contribution in [3.63, 3.8) is 0 Å². The van der Waals surface area contributed by atoms with Crippen molar-refractivity contribution in [3.05, 3.63) is 34.3 Å². The number of hydrogen-bond acceptors (Lipinski definition) is 3. The van der Waals surface area contributed by atoms with Gasteiger partial charge in [-0.2, -0.15) is 11.8 Å². The van der Waals surface area contributed by atoms with Crippen LogP contribution in [-0.4, -0.2) is 29.0 Å². The third kappa shape index (κ3) is 3.64. The van der Waals surface area contributed by atoms with Crippen LogP contribution in [0.15, 0.2) is 18.2 Å². The Morgan fingerprint density at radius 2 is 2.33 bits per heavy atom. The van der Waals surface area contributed by atoms with Crippen LogP contribution in [0.1, 0.15) is 24.5 Å². The molecule has 2 rings (SSSR count). The van der Waals surface area contributed by atoms with Gasteiger partial charge < -0.3 is 5.73 Å². The molecule has 1 saturated heterocycles. The molecule has 0 saturated carbocycles. The molecule has 18 heavy (non-hydrogen) atoms. The first-order chi connectivity index (χ1) is 8.72. The van der Waals surface area contributed by atoms with E-state index in [4.69, 9.17) is 17.3 Å². The monoisotopic (exact) mass is 284 g/mol. The topological polar surface area (TPSA) is 29.3 Å². The molecule has 1 aromatic rings. The van der Waals surface area contributed by atoms with Gasteiger partial charge in [0.15, 0.2) is 0 Å². The Morgan fingerprint density at radius 1 is 1.50 bits per heavy atom. The Bertz CT molecular complexity index is 397. The van der Waals surface area contributed by atoms with Crippen molar-refractivity contribution in [1.82, 2.24) is 4.90 Å². The molecule has 0 aromatic heterocycles. The predicted octanol–water partition coefficient (Wildman–Crippen LogP) is 3.13. The van der Waals surface area contributed by atoms with Gasteiger partial charge in [-0.1, -0.05) is 30.7 Å². The minimum atomic E-state index is 0.554. The molecule has 0 amide bonds. The zero-order chi connectivity index (χ0) is 13.0. The third-order valence-corrected chi connectivity index (χ3v) is 5.15. The molecular formula is C14H21ClN2S. The summed E-state index contributed by atoms with van der Waals surface area (Å²) >= 11 is 8.41. The average molecular weight is 285 g/mol. The fraction of sp³-hybridized carbons (Fsp3) is 0.571. The van der Waals surface area contributed by atoms with E-state index in [1.165, 1.54) is 24.3 Å². The lowest BCUT2D eigenvalue weighted by Gasteiger charge is -2.32. The van der Waals surface area contributed by atoms with Gasteiger partial charge in [0.1, 0.15) is 0 Å². The summed E-state index contributed by atoms with van der Waals surface area (Å²) in [5.74, 6) is 1.23. The minimum absolute atomic E-state index is 0.554. The van der Waals surface area contributed by atoms with Crippen molar-refractivity contribution in [2.45, 2.75) is 31.7 Å². The molecule has 0 bridgehead atoms. The smallest absolute Gasteiger partial charge is 0.0454 e. The van der Waals surface area contributed by atoms with Crippen molar-refractivity contribution < 1.29 is 0 Å². The van der Waals surface area contributed by atoms with Gasteiger partial charge in [0.2, 0.25) is 0 Å². The van der Waals surface area contributed by atoms with E-state index >= 15 is 0 Å². The molecule has 1 aromatic carbocycles. The Morgan fingerprint density at radius 3 is 3.00 bits per heavy atom. The summed E-state index contributed by atoms with van der Waals surface area (Å²) in [6.45, 7) is 6.12. The van der Waals surface area contributed by atoms with Crippen molar-refractivity contribution >= 4 is 23.4 Å². The zero-order valence-corrected chi connectivity index (χ0v) is 12.4. The number of hydrogen-bond donors (Lipinski definition) is 1. The van der Waals surface area contributed by atoms with Gasteiger partial charge >= 0.3 is 0 Å². The van der Waals surface area contributed by atoms with E-state index < -0.39 is 0 Å². The highest BCUT2D eigenvalue weighted by Gasteiger charge is 2.19. The fourth-order valence-electron chi connectivity index (χ4n) is 2.26. The summed E-state index contributed by atoms with van der Waals surface area (Å²) < 4.78 is 0. The molecule has 4 heteroatoms. The summed E-state index contributed by atoms with van der Waals surface area (Å²) in [5.41, 5.74) is 7.94. The minimum Gasteiger partial charge on any atom is -0.326 e. The highest BCUT2D eigenvalue weighted by molar-refractivity contribution is 8.00. The van der Waals surface area contributed by atoms with Gasteiger partial charge in [0.05, 0.1) is 0 Å². The SMILES string of the molecule is CCC1CN(Cc2ccc(CN)cc2Cl)CCS1. The van der Waals surface area contributed by atoms with Crippen LogP contribution in [0.3, 0.4) is 0 Å². The maximum absolute atomic E-state index is 6.31. The normalized spacial score (nSPS) is 21.2. The fourth-order valence-corrected chi connectivity index (χ4v) is 3.77. The standard InChI is InChI=1S/C14H21ClN2S/c1-2-13-10-17(5-6-18-13)9-12-4-3-11(8-16)7-14(12)15/h3-4,7,13H,2,5-6,8-10,16H2,1H3. The molecule has 2 N–H and O–H groups in total. The molecule has 1 heterocycles. The second kappa shape index (κ2) is 6.80. The van der Waals surface area contributed by atoms with Crippen LogP contribution in [0.5, 0.6) is 0 Å².